The third-order valence-corrected chi connectivity index (χ3v) is 6.48. The minimum atomic E-state index is -3.64. The van der Waals surface area contributed by atoms with Crippen molar-refractivity contribution in [1.82, 2.24) is 5.32 Å². The van der Waals surface area contributed by atoms with Gasteiger partial charge in [0.2, 0.25) is 15.9 Å². The molecule has 3 rings (SSSR count). The zero-order chi connectivity index (χ0) is 27.2. The minimum Gasteiger partial charge on any atom is -0.506 e. The van der Waals surface area contributed by atoms with E-state index in [0.29, 0.717) is 29.1 Å². The summed E-state index contributed by atoms with van der Waals surface area (Å²) >= 11 is 0. The van der Waals surface area contributed by atoms with Crippen molar-refractivity contribution in [2.45, 2.75) is 25.1 Å². The molecule has 0 aliphatic carbocycles. The van der Waals surface area contributed by atoms with Crippen LogP contribution in [0.4, 0.5) is 11.4 Å². The molecule has 0 heterocycles. The number of nitrogens with two attached hydrogens (primary N) is 1. The summed E-state index contributed by atoms with van der Waals surface area (Å²) in [6.45, 7) is 1.95. The second-order valence-electron chi connectivity index (χ2n) is 8.76. The Labute approximate surface area is 216 Å². The van der Waals surface area contributed by atoms with Crippen LogP contribution in [0.3, 0.4) is 0 Å². The number of benzene rings is 3. The lowest BCUT2D eigenvalue weighted by molar-refractivity contribution is -0.122. The number of ether oxygens (including phenoxy) is 1. The van der Waals surface area contributed by atoms with Crippen molar-refractivity contribution < 1.29 is 28.2 Å². The van der Waals surface area contributed by atoms with Gasteiger partial charge < -0.3 is 26.0 Å². The fourth-order valence-electron chi connectivity index (χ4n) is 3.73. The van der Waals surface area contributed by atoms with Crippen LogP contribution in [0, 0.1) is 0 Å². The summed E-state index contributed by atoms with van der Waals surface area (Å²) in [5.74, 6) is -0.0298. The van der Waals surface area contributed by atoms with Gasteiger partial charge in [-0.05, 0) is 60.0 Å². The second-order valence-corrected chi connectivity index (χ2v) is 10.5. The number of hydrogen-bond acceptors (Lipinski definition) is 8. The van der Waals surface area contributed by atoms with Gasteiger partial charge in [0.1, 0.15) is 17.0 Å². The maximum absolute atomic E-state index is 13.6. The number of amides is 1. The van der Waals surface area contributed by atoms with Crippen LogP contribution in [0.25, 0.3) is 0 Å². The van der Waals surface area contributed by atoms with E-state index in [9.17, 15) is 23.4 Å². The normalized spacial score (nSPS) is 13.9. The van der Waals surface area contributed by atoms with Gasteiger partial charge in [0.15, 0.2) is 0 Å². The third-order valence-electron chi connectivity index (χ3n) is 5.89. The minimum absolute atomic E-state index is 0.0607. The van der Waals surface area contributed by atoms with Crippen LogP contribution in [-0.4, -0.2) is 44.4 Å². The van der Waals surface area contributed by atoms with Crippen molar-refractivity contribution in [2.24, 2.45) is 5.73 Å². The lowest BCUT2D eigenvalue weighted by Gasteiger charge is -2.31. The molecule has 0 aliphatic rings. The average molecular weight is 529 g/mol. The molecule has 7 N–H and O–H groups in total. The van der Waals surface area contributed by atoms with Gasteiger partial charge in [-0.2, -0.15) is 0 Å². The highest BCUT2D eigenvalue weighted by atomic mass is 32.2. The Bertz CT molecular complexity index is 1350. The predicted molar refractivity (Wildman–Crippen MR) is 143 cm³/mol. The highest BCUT2D eigenvalue weighted by molar-refractivity contribution is 7.92. The molecule has 2 atom stereocenters. The van der Waals surface area contributed by atoms with E-state index in [-0.39, 0.29) is 23.9 Å². The number of sulfonamides is 1. The summed E-state index contributed by atoms with van der Waals surface area (Å²) in [5.41, 5.74) is 6.78. The Hall–Kier alpha value is -3.64. The zero-order valence-electron chi connectivity index (χ0n) is 20.9. The Morgan fingerprint density at radius 2 is 1.81 bits per heavy atom. The smallest absolute Gasteiger partial charge is 0.249 e. The van der Waals surface area contributed by atoms with Crippen molar-refractivity contribution in [2.75, 3.05) is 29.9 Å². The first kappa shape index (κ1) is 27.9. The highest BCUT2D eigenvalue weighted by Crippen LogP contribution is 2.30. The topological polar surface area (TPSA) is 163 Å². The number of carbonyl (C=O) groups is 1. The standard InChI is InChI=1S/C26H32N4O6S/c1-26(19-8-10-21(36-2)11-9-19,25(33)29-20-6-4-5-17(13-20)15-27)28-16-24(32)18-7-12-23(31)22(14-18)30-37(3,34)35/h4-14,24,28,30-32H,15-16,27H2,1-3H3,(H,29,33)/t24-,26-/m0/s1. The van der Waals surface area contributed by atoms with Crippen LogP contribution < -0.4 is 25.8 Å². The Morgan fingerprint density at radius 1 is 1.11 bits per heavy atom. The van der Waals surface area contributed by atoms with Gasteiger partial charge >= 0.3 is 0 Å². The quantitative estimate of drug-likeness (QED) is 0.207. The fourth-order valence-corrected chi connectivity index (χ4v) is 4.29. The molecule has 37 heavy (non-hydrogen) atoms. The average Bonchev–Trinajstić information content (AvgIpc) is 2.87. The molecule has 0 aromatic heterocycles. The van der Waals surface area contributed by atoms with Crippen LogP contribution in [0.1, 0.15) is 29.7 Å². The molecule has 0 spiro atoms. The van der Waals surface area contributed by atoms with Crippen molar-refractivity contribution in [1.29, 1.82) is 0 Å². The van der Waals surface area contributed by atoms with Crippen LogP contribution in [0.15, 0.2) is 66.7 Å². The van der Waals surface area contributed by atoms with Crippen LogP contribution in [0.5, 0.6) is 11.5 Å². The summed E-state index contributed by atoms with van der Waals surface area (Å²) < 4.78 is 30.7. The molecule has 0 unspecified atom stereocenters. The maximum atomic E-state index is 13.6. The molecule has 1 amide bonds. The second kappa shape index (κ2) is 11.6. The third kappa shape index (κ3) is 7.20. The van der Waals surface area contributed by atoms with Gasteiger partial charge in [-0.1, -0.05) is 30.3 Å². The molecule has 3 aromatic carbocycles. The molecule has 0 fully saturated rings. The number of aromatic hydroxyl groups is 1. The molecular formula is C26H32N4O6S. The van der Waals surface area contributed by atoms with Gasteiger partial charge in [0, 0.05) is 18.8 Å². The van der Waals surface area contributed by atoms with E-state index < -0.39 is 21.7 Å². The van der Waals surface area contributed by atoms with Crippen molar-refractivity contribution >= 4 is 27.3 Å². The number of carbonyl (C=O) groups excluding carboxylic acids is 1. The van der Waals surface area contributed by atoms with Gasteiger partial charge in [-0.25, -0.2) is 8.42 Å². The van der Waals surface area contributed by atoms with Crippen LogP contribution in [-0.2, 0) is 26.9 Å². The molecule has 0 saturated carbocycles. The van der Waals surface area contributed by atoms with E-state index in [1.165, 1.54) is 18.2 Å². The number of aliphatic hydroxyl groups excluding tert-OH is 1. The van der Waals surface area contributed by atoms with Crippen molar-refractivity contribution in [3.63, 3.8) is 0 Å². The van der Waals surface area contributed by atoms with Gasteiger partial charge in [0.05, 0.1) is 25.2 Å². The fraction of sp³-hybridized carbons (Fsp3) is 0.269. The van der Waals surface area contributed by atoms with E-state index in [1.807, 2.05) is 6.07 Å². The first-order valence-corrected chi connectivity index (χ1v) is 13.3. The van der Waals surface area contributed by atoms with E-state index in [0.717, 1.165) is 11.8 Å². The number of hydrogen-bond donors (Lipinski definition) is 6. The lowest BCUT2D eigenvalue weighted by atomic mass is 9.90. The summed E-state index contributed by atoms with van der Waals surface area (Å²) in [7, 11) is -2.10. The van der Waals surface area contributed by atoms with E-state index in [2.05, 4.69) is 15.4 Å². The number of rotatable bonds is 11. The molecule has 11 heteroatoms. The summed E-state index contributed by atoms with van der Waals surface area (Å²) in [5, 5.41) is 26.9. The Balaban J connectivity index is 1.87. The SMILES string of the molecule is COc1ccc([C@](C)(NC[C@H](O)c2ccc(O)c(NS(C)(=O)=O)c2)C(=O)Nc2cccc(CN)c2)cc1. The largest absolute Gasteiger partial charge is 0.506 e. The molecule has 198 valence electrons. The molecule has 0 aliphatic heterocycles. The number of anilines is 2. The van der Waals surface area contributed by atoms with E-state index in [1.54, 1.807) is 56.5 Å². The first-order chi connectivity index (χ1) is 17.4. The molecule has 3 aromatic rings. The number of nitrogens with one attached hydrogen (secondary N) is 3. The molecule has 10 nitrogen and oxygen atoms in total. The number of phenols is 1. The number of methoxy groups -OCH3 is 1. The first-order valence-electron chi connectivity index (χ1n) is 11.4. The van der Waals surface area contributed by atoms with E-state index in [4.69, 9.17) is 10.5 Å². The van der Waals surface area contributed by atoms with E-state index >= 15 is 0 Å². The maximum Gasteiger partial charge on any atom is 0.249 e. The Kier molecular flexibility index (Phi) is 8.77. The Morgan fingerprint density at radius 3 is 2.43 bits per heavy atom. The van der Waals surface area contributed by atoms with Crippen LogP contribution >= 0.6 is 0 Å². The lowest BCUT2D eigenvalue weighted by Crippen LogP contribution is -2.51. The van der Waals surface area contributed by atoms with Gasteiger partial charge in [-0.3, -0.25) is 14.8 Å². The van der Waals surface area contributed by atoms with Gasteiger partial charge in [-0.15, -0.1) is 0 Å². The number of phenolic OH excluding ortho intramolecular Hbond substituents is 1. The number of aliphatic hydroxyl groups is 1. The highest BCUT2D eigenvalue weighted by Gasteiger charge is 2.35. The molecule has 0 radical (unpaired) electrons. The molecule has 0 bridgehead atoms. The summed E-state index contributed by atoms with van der Waals surface area (Å²) in [4.78, 5) is 13.6. The van der Waals surface area contributed by atoms with Crippen LogP contribution in [0.2, 0.25) is 0 Å². The van der Waals surface area contributed by atoms with Gasteiger partial charge in [0.25, 0.3) is 0 Å². The predicted octanol–water partition coefficient (Wildman–Crippen LogP) is 2.41. The van der Waals surface area contributed by atoms with Crippen molar-refractivity contribution in [3.8, 4) is 11.5 Å². The summed E-state index contributed by atoms with van der Waals surface area (Å²) in [6, 6.07) is 18.3. The van der Waals surface area contributed by atoms with Crippen molar-refractivity contribution in [3.05, 3.63) is 83.4 Å². The molecular weight excluding hydrogens is 496 g/mol. The molecule has 0 saturated heterocycles. The summed E-state index contributed by atoms with van der Waals surface area (Å²) in [6.07, 6.45) is -0.175. The monoisotopic (exact) mass is 528 g/mol. The zero-order valence-corrected chi connectivity index (χ0v) is 21.7.